The van der Waals surface area contributed by atoms with Crippen molar-refractivity contribution in [2.24, 2.45) is 0 Å². The summed E-state index contributed by atoms with van der Waals surface area (Å²) in [7, 11) is 0. The van der Waals surface area contributed by atoms with Crippen LogP contribution < -0.4 is 0 Å². The summed E-state index contributed by atoms with van der Waals surface area (Å²) in [6.45, 7) is 0. The SMILES string of the molecule is ClCc1nc2cc(Cl)c(Cl)cc2n1-c1ccc(I)cc1. The third-order valence-corrected chi connectivity index (χ3v) is 4.65. The van der Waals surface area contributed by atoms with Gasteiger partial charge in [0, 0.05) is 9.26 Å². The number of imidazole rings is 1. The first-order chi connectivity index (χ1) is 9.60. The molecule has 0 fully saturated rings. The molecule has 0 saturated carbocycles. The van der Waals surface area contributed by atoms with Crippen molar-refractivity contribution in [3.63, 3.8) is 0 Å². The second-order valence-electron chi connectivity index (χ2n) is 4.23. The van der Waals surface area contributed by atoms with Crippen LogP contribution in [0.25, 0.3) is 16.7 Å². The van der Waals surface area contributed by atoms with E-state index in [1.165, 1.54) is 3.57 Å². The number of nitrogens with zero attached hydrogens (tertiary/aromatic N) is 2. The van der Waals surface area contributed by atoms with Gasteiger partial charge in [-0.15, -0.1) is 11.6 Å². The minimum absolute atomic E-state index is 0.315. The van der Waals surface area contributed by atoms with E-state index in [9.17, 15) is 0 Å². The molecule has 0 unspecified atom stereocenters. The van der Waals surface area contributed by atoms with E-state index in [0.717, 1.165) is 22.5 Å². The molecule has 0 N–H and O–H groups in total. The van der Waals surface area contributed by atoms with Crippen molar-refractivity contribution in [1.29, 1.82) is 0 Å². The smallest absolute Gasteiger partial charge is 0.129 e. The van der Waals surface area contributed by atoms with Gasteiger partial charge in [-0.1, -0.05) is 23.2 Å². The van der Waals surface area contributed by atoms with Gasteiger partial charge in [0.2, 0.25) is 0 Å². The fraction of sp³-hybridized carbons (Fsp3) is 0.0714. The Morgan fingerprint density at radius 2 is 1.70 bits per heavy atom. The van der Waals surface area contributed by atoms with E-state index in [1.807, 2.05) is 34.9 Å². The summed E-state index contributed by atoms with van der Waals surface area (Å²) in [6, 6.07) is 11.7. The van der Waals surface area contributed by atoms with Crippen LogP contribution in [0, 0.1) is 3.57 Å². The number of hydrogen-bond donors (Lipinski definition) is 0. The number of fused-ring (bicyclic) bond motifs is 1. The van der Waals surface area contributed by atoms with Crippen LogP contribution in [0.1, 0.15) is 5.82 Å². The highest BCUT2D eigenvalue weighted by Gasteiger charge is 2.13. The number of benzene rings is 2. The molecule has 6 heteroatoms. The van der Waals surface area contributed by atoms with Crippen molar-refractivity contribution in [3.05, 3.63) is 55.8 Å². The van der Waals surface area contributed by atoms with Crippen LogP contribution in [0.2, 0.25) is 10.0 Å². The monoisotopic (exact) mass is 436 g/mol. The lowest BCUT2D eigenvalue weighted by molar-refractivity contribution is 0.981. The van der Waals surface area contributed by atoms with Crippen molar-refractivity contribution < 1.29 is 0 Å². The van der Waals surface area contributed by atoms with Gasteiger partial charge in [-0.3, -0.25) is 4.57 Å². The van der Waals surface area contributed by atoms with Crippen molar-refractivity contribution in [1.82, 2.24) is 9.55 Å². The molecule has 102 valence electrons. The average molecular weight is 437 g/mol. The second-order valence-corrected chi connectivity index (χ2v) is 6.56. The van der Waals surface area contributed by atoms with E-state index >= 15 is 0 Å². The van der Waals surface area contributed by atoms with Crippen LogP contribution in [-0.4, -0.2) is 9.55 Å². The van der Waals surface area contributed by atoms with Crippen molar-refractivity contribution in [2.45, 2.75) is 5.88 Å². The van der Waals surface area contributed by atoms with Gasteiger partial charge in [0.25, 0.3) is 0 Å². The van der Waals surface area contributed by atoms with Gasteiger partial charge in [0.1, 0.15) is 5.82 Å². The van der Waals surface area contributed by atoms with Gasteiger partial charge in [-0.05, 0) is 59.0 Å². The van der Waals surface area contributed by atoms with Crippen molar-refractivity contribution in [3.8, 4) is 5.69 Å². The fourth-order valence-corrected chi connectivity index (χ4v) is 2.95. The molecule has 1 heterocycles. The molecule has 0 bridgehead atoms. The van der Waals surface area contributed by atoms with E-state index in [0.29, 0.717) is 15.9 Å². The Labute approximate surface area is 144 Å². The predicted molar refractivity (Wildman–Crippen MR) is 93.4 cm³/mol. The maximum absolute atomic E-state index is 6.12. The van der Waals surface area contributed by atoms with Gasteiger partial charge in [0.05, 0.1) is 27.0 Å². The number of alkyl halides is 1. The topological polar surface area (TPSA) is 17.8 Å². The molecule has 2 nitrogen and oxygen atoms in total. The Balaban J connectivity index is 2.32. The van der Waals surface area contributed by atoms with Crippen molar-refractivity contribution >= 4 is 68.4 Å². The molecule has 20 heavy (non-hydrogen) atoms. The molecule has 2 aromatic carbocycles. The van der Waals surface area contributed by atoms with E-state index in [2.05, 4.69) is 27.6 Å². The third kappa shape index (κ3) is 2.52. The summed E-state index contributed by atoms with van der Waals surface area (Å²) >= 11 is 20.4. The van der Waals surface area contributed by atoms with E-state index in [4.69, 9.17) is 34.8 Å². The maximum Gasteiger partial charge on any atom is 0.129 e. The molecule has 0 saturated heterocycles. The van der Waals surface area contributed by atoms with Crippen LogP contribution in [0.4, 0.5) is 0 Å². The van der Waals surface area contributed by atoms with E-state index < -0.39 is 0 Å². The standard InChI is InChI=1S/C14H8Cl3IN2/c15-7-14-19-12-5-10(16)11(17)6-13(12)20(14)9-3-1-8(18)2-4-9/h1-6H,7H2. The van der Waals surface area contributed by atoms with E-state index in [1.54, 1.807) is 6.07 Å². The molecule has 0 amide bonds. The third-order valence-electron chi connectivity index (χ3n) is 2.97. The predicted octanol–water partition coefficient (Wildman–Crippen LogP) is 5.68. The number of hydrogen-bond acceptors (Lipinski definition) is 1. The summed E-state index contributed by atoms with van der Waals surface area (Å²) in [6.07, 6.45) is 0. The fourth-order valence-electron chi connectivity index (χ4n) is 2.09. The number of rotatable bonds is 2. The quantitative estimate of drug-likeness (QED) is 0.373. The highest BCUT2D eigenvalue weighted by Crippen LogP contribution is 2.30. The Hall–Kier alpha value is -0.490. The Morgan fingerprint density at radius 1 is 1.05 bits per heavy atom. The lowest BCUT2D eigenvalue weighted by atomic mass is 10.2. The first-order valence-corrected chi connectivity index (χ1v) is 8.15. The molecule has 3 aromatic rings. The first kappa shape index (κ1) is 14.4. The summed E-state index contributed by atoms with van der Waals surface area (Å²) in [5, 5.41) is 1.000. The highest BCUT2D eigenvalue weighted by molar-refractivity contribution is 14.1. The molecule has 0 aliphatic rings. The second kappa shape index (κ2) is 5.72. The molecule has 1 aromatic heterocycles. The molecule has 0 radical (unpaired) electrons. The van der Waals surface area contributed by atoms with Crippen LogP contribution in [0.15, 0.2) is 36.4 Å². The Morgan fingerprint density at radius 3 is 2.35 bits per heavy atom. The van der Waals surface area contributed by atoms with Gasteiger partial charge < -0.3 is 0 Å². The van der Waals surface area contributed by atoms with Crippen LogP contribution in [0.3, 0.4) is 0 Å². The van der Waals surface area contributed by atoms with E-state index in [-0.39, 0.29) is 0 Å². The zero-order valence-electron chi connectivity index (χ0n) is 10.1. The van der Waals surface area contributed by atoms with Gasteiger partial charge >= 0.3 is 0 Å². The molecular weight excluding hydrogens is 429 g/mol. The first-order valence-electron chi connectivity index (χ1n) is 5.78. The molecule has 3 rings (SSSR count). The number of halogens is 4. The normalized spacial score (nSPS) is 11.2. The minimum atomic E-state index is 0.315. The van der Waals surface area contributed by atoms with Gasteiger partial charge in [-0.25, -0.2) is 4.98 Å². The lowest BCUT2D eigenvalue weighted by Crippen LogP contribution is -1.99. The minimum Gasteiger partial charge on any atom is -0.295 e. The summed E-state index contributed by atoms with van der Waals surface area (Å²) in [5.41, 5.74) is 2.69. The lowest BCUT2D eigenvalue weighted by Gasteiger charge is -2.08. The zero-order chi connectivity index (χ0) is 14.3. The Bertz CT molecular complexity index is 781. The molecule has 0 aliphatic carbocycles. The van der Waals surface area contributed by atoms with Gasteiger partial charge in [0.15, 0.2) is 0 Å². The van der Waals surface area contributed by atoms with Crippen LogP contribution >= 0.6 is 57.4 Å². The molecule has 0 spiro atoms. The number of aromatic nitrogens is 2. The Kier molecular flexibility index (Phi) is 4.13. The van der Waals surface area contributed by atoms with Crippen LogP contribution in [0.5, 0.6) is 0 Å². The van der Waals surface area contributed by atoms with Crippen LogP contribution in [-0.2, 0) is 5.88 Å². The summed E-state index contributed by atoms with van der Waals surface area (Å²) in [5.74, 6) is 1.08. The summed E-state index contributed by atoms with van der Waals surface area (Å²) in [4.78, 5) is 4.52. The highest BCUT2D eigenvalue weighted by atomic mass is 127. The molecule has 0 aliphatic heterocycles. The zero-order valence-corrected chi connectivity index (χ0v) is 14.5. The van der Waals surface area contributed by atoms with Crippen molar-refractivity contribution in [2.75, 3.05) is 0 Å². The van der Waals surface area contributed by atoms with Gasteiger partial charge in [-0.2, -0.15) is 0 Å². The molecular formula is C14H8Cl3IN2. The maximum atomic E-state index is 6.12. The molecule has 0 atom stereocenters. The average Bonchev–Trinajstić information content (AvgIpc) is 2.78. The largest absolute Gasteiger partial charge is 0.295 e. The summed E-state index contributed by atoms with van der Waals surface area (Å²) < 4.78 is 3.17.